The first-order valence-corrected chi connectivity index (χ1v) is 7.06. The number of benzene rings is 1. The van der Waals surface area contributed by atoms with E-state index in [0.29, 0.717) is 17.3 Å². The summed E-state index contributed by atoms with van der Waals surface area (Å²) in [5.41, 5.74) is 0. The lowest BCUT2D eigenvalue weighted by atomic mass is 10.2. The maximum Gasteiger partial charge on any atom is 0.351 e. The summed E-state index contributed by atoms with van der Waals surface area (Å²) < 4.78 is 20.9. The highest BCUT2D eigenvalue weighted by Gasteiger charge is 2.29. The van der Waals surface area contributed by atoms with Crippen LogP contribution < -0.4 is 14.8 Å². The summed E-state index contributed by atoms with van der Waals surface area (Å²) in [5.74, 6) is 0.598. The largest absolute Gasteiger partial charge is 0.485 e. The minimum atomic E-state index is -0.886. The Balaban J connectivity index is 1.44. The van der Waals surface area contributed by atoms with E-state index in [4.69, 9.17) is 18.6 Å². The number of hydrogen-bond donors (Lipinski definition) is 1. The Morgan fingerprint density at radius 1 is 1.17 bits per heavy atom. The Morgan fingerprint density at radius 2 is 2.00 bits per heavy atom. The van der Waals surface area contributed by atoms with Crippen LogP contribution in [0.2, 0.25) is 0 Å². The molecule has 3 rings (SSSR count). The molecule has 0 spiro atoms. The molecule has 1 aliphatic heterocycles. The van der Waals surface area contributed by atoms with Gasteiger partial charge in [-0.2, -0.15) is 0 Å². The molecule has 1 aromatic heterocycles. The topological polar surface area (TPSA) is 87.0 Å². The molecule has 0 bridgehead atoms. The van der Waals surface area contributed by atoms with E-state index in [-0.39, 0.29) is 19.8 Å². The molecule has 0 saturated carbocycles. The number of hydrogen-bond acceptors (Lipinski definition) is 6. The minimum absolute atomic E-state index is 0.0455. The highest BCUT2D eigenvalue weighted by molar-refractivity contribution is 5.82. The highest BCUT2D eigenvalue weighted by Crippen LogP contribution is 2.31. The van der Waals surface area contributed by atoms with Crippen LogP contribution in [0.3, 0.4) is 0 Å². The average molecular weight is 317 g/mol. The van der Waals surface area contributed by atoms with Crippen molar-refractivity contribution in [1.29, 1.82) is 0 Å². The molecule has 1 amide bonds. The number of carbonyl (C=O) groups excluding carboxylic acids is 2. The summed E-state index contributed by atoms with van der Waals surface area (Å²) in [6, 6.07) is 10.5. The second-order valence-electron chi connectivity index (χ2n) is 4.83. The van der Waals surface area contributed by atoms with E-state index in [2.05, 4.69) is 5.32 Å². The Labute approximate surface area is 132 Å². The van der Waals surface area contributed by atoms with Crippen molar-refractivity contribution in [3.8, 4) is 11.5 Å². The van der Waals surface area contributed by atoms with Gasteiger partial charge in [-0.25, -0.2) is 4.79 Å². The van der Waals surface area contributed by atoms with Crippen LogP contribution in [0, 0.1) is 0 Å². The van der Waals surface area contributed by atoms with Gasteiger partial charge in [0.2, 0.25) is 6.10 Å². The van der Waals surface area contributed by atoms with Crippen LogP contribution in [-0.4, -0.2) is 31.2 Å². The van der Waals surface area contributed by atoms with Gasteiger partial charge in [-0.1, -0.05) is 12.1 Å². The molecular weight excluding hydrogens is 302 g/mol. The molecular formula is C16H15NO6. The predicted octanol–water partition coefficient (Wildman–Crippen LogP) is 1.28. The fraction of sp³-hybridized carbons (Fsp3) is 0.250. The van der Waals surface area contributed by atoms with E-state index >= 15 is 0 Å². The molecule has 0 unspecified atom stereocenters. The van der Waals surface area contributed by atoms with Gasteiger partial charge >= 0.3 is 5.97 Å². The number of carbonyl (C=O) groups is 2. The molecule has 1 aromatic carbocycles. The van der Waals surface area contributed by atoms with Crippen LogP contribution in [0.15, 0.2) is 47.1 Å². The van der Waals surface area contributed by atoms with Crippen molar-refractivity contribution in [2.45, 2.75) is 12.6 Å². The fourth-order valence-corrected chi connectivity index (χ4v) is 2.02. The van der Waals surface area contributed by atoms with Crippen LogP contribution >= 0.6 is 0 Å². The van der Waals surface area contributed by atoms with Crippen LogP contribution in [0.4, 0.5) is 0 Å². The quantitative estimate of drug-likeness (QED) is 0.836. The minimum Gasteiger partial charge on any atom is -0.485 e. The summed E-state index contributed by atoms with van der Waals surface area (Å²) in [7, 11) is 0. The number of esters is 1. The molecule has 2 heterocycles. The number of amides is 1. The zero-order chi connectivity index (χ0) is 16.1. The summed E-state index contributed by atoms with van der Waals surface area (Å²) in [4.78, 5) is 23.5. The smallest absolute Gasteiger partial charge is 0.351 e. The van der Waals surface area contributed by atoms with Crippen molar-refractivity contribution in [3.63, 3.8) is 0 Å². The standard InChI is InChI=1S/C16H15NO6/c18-15(17-8-11-4-3-7-20-11)10-22-16(19)14-9-21-12-5-1-2-6-13(12)23-14/h1-7,14H,8-10H2,(H,17,18)/t14-/m0/s1. The summed E-state index contributed by atoms with van der Waals surface area (Å²) in [6.45, 7) is -0.106. The normalized spacial score (nSPS) is 15.7. The van der Waals surface area contributed by atoms with Crippen molar-refractivity contribution >= 4 is 11.9 Å². The van der Waals surface area contributed by atoms with Crippen molar-refractivity contribution in [2.24, 2.45) is 0 Å². The highest BCUT2D eigenvalue weighted by atomic mass is 16.6. The molecule has 7 nitrogen and oxygen atoms in total. The number of rotatable bonds is 5. The van der Waals surface area contributed by atoms with Crippen molar-refractivity contribution in [2.75, 3.05) is 13.2 Å². The van der Waals surface area contributed by atoms with Crippen molar-refractivity contribution < 1.29 is 28.2 Å². The SMILES string of the molecule is O=C(COC(=O)[C@@H]1COc2ccccc2O1)NCc1ccco1. The van der Waals surface area contributed by atoms with E-state index in [9.17, 15) is 9.59 Å². The van der Waals surface area contributed by atoms with E-state index in [0.717, 1.165) is 0 Å². The van der Waals surface area contributed by atoms with Crippen LogP contribution in [0.1, 0.15) is 5.76 Å². The Hall–Kier alpha value is -2.96. The Morgan fingerprint density at radius 3 is 2.78 bits per heavy atom. The lowest BCUT2D eigenvalue weighted by Crippen LogP contribution is -2.39. The predicted molar refractivity (Wildman–Crippen MR) is 77.9 cm³/mol. The lowest BCUT2D eigenvalue weighted by molar-refractivity contribution is -0.157. The molecule has 7 heteroatoms. The van der Waals surface area contributed by atoms with Gasteiger partial charge in [0.15, 0.2) is 18.1 Å². The molecule has 0 fully saturated rings. The third kappa shape index (κ3) is 3.82. The van der Waals surface area contributed by atoms with Gasteiger partial charge in [-0.3, -0.25) is 4.79 Å². The molecule has 23 heavy (non-hydrogen) atoms. The molecule has 1 aliphatic rings. The molecule has 1 atom stereocenters. The van der Waals surface area contributed by atoms with Gasteiger partial charge in [-0.05, 0) is 24.3 Å². The molecule has 0 radical (unpaired) electrons. The van der Waals surface area contributed by atoms with Gasteiger partial charge in [0.25, 0.3) is 5.91 Å². The van der Waals surface area contributed by atoms with Crippen molar-refractivity contribution in [1.82, 2.24) is 5.32 Å². The molecule has 120 valence electrons. The van der Waals surface area contributed by atoms with E-state index in [1.54, 1.807) is 30.3 Å². The monoisotopic (exact) mass is 317 g/mol. The van der Waals surface area contributed by atoms with Gasteiger partial charge < -0.3 is 23.9 Å². The van der Waals surface area contributed by atoms with Crippen LogP contribution in [0.25, 0.3) is 0 Å². The van der Waals surface area contributed by atoms with E-state index in [1.807, 2.05) is 6.07 Å². The number of para-hydroxylation sites is 2. The third-order valence-electron chi connectivity index (χ3n) is 3.16. The maximum atomic E-state index is 11.9. The molecule has 0 aliphatic carbocycles. The second kappa shape index (κ2) is 6.87. The van der Waals surface area contributed by atoms with Crippen LogP contribution in [-0.2, 0) is 20.9 Å². The summed E-state index contributed by atoms with van der Waals surface area (Å²) in [5, 5.41) is 2.58. The Bertz CT molecular complexity index is 682. The first-order chi connectivity index (χ1) is 11.2. The third-order valence-corrected chi connectivity index (χ3v) is 3.16. The first kappa shape index (κ1) is 15.0. The van der Waals surface area contributed by atoms with E-state index in [1.165, 1.54) is 6.26 Å². The fourth-order valence-electron chi connectivity index (χ4n) is 2.02. The van der Waals surface area contributed by atoms with Gasteiger partial charge in [0, 0.05) is 0 Å². The number of ether oxygens (including phenoxy) is 3. The second-order valence-corrected chi connectivity index (χ2v) is 4.83. The zero-order valence-corrected chi connectivity index (χ0v) is 12.2. The van der Waals surface area contributed by atoms with Crippen molar-refractivity contribution in [3.05, 3.63) is 48.4 Å². The van der Waals surface area contributed by atoms with Gasteiger partial charge in [0.05, 0.1) is 12.8 Å². The molecule has 0 saturated heterocycles. The number of furan rings is 1. The zero-order valence-electron chi connectivity index (χ0n) is 12.2. The van der Waals surface area contributed by atoms with Gasteiger partial charge in [-0.15, -0.1) is 0 Å². The molecule has 2 aromatic rings. The number of nitrogens with one attached hydrogen (secondary N) is 1. The first-order valence-electron chi connectivity index (χ1n) is 7.06. The average Bonchev–Trinajstić information content (AvgIpc) is 3.11. The summed E-state index contributed by atoms with van der Waals surface area (Å²) >= 11 is 0. The summed E-state index contributed by atoms with van der Waals surface area (Å²) in [6.07, 6.45) is 0.627. The maximum absolute atomic E-state index is 11.9. The Kier molecular flexibility index (Phi) is 4.46. The van der Waals surface area contributed by atoms with Gasteiger partial charge in [0.1, 0.15) is 12.4 Å². The van der Waals surface area contributed by atoms with E-state index < -0.39 is 18.0 Å². The number of fused-ring (bicyclic) bond motifs is 1. The lowest BCUT2D eigenvalue weighted by Gasteiger charge is -2.24. The van der Waals surface area contributed by atoms with Crippen LogP contribution in [0.5, 0.6) is 11.5 Å². The molecule has 1 N–H and O–H groups in total.